The Balaban J connectivity index is 1.48. The lowest BCUT2D eigenvalue weighted by molar-refractivity contribution is -0.136. The molecule has 154 valence electrons. The molecule has 0 fully saturated rings. The van der Waals surface area contributed by atoms with Crippen LogP contribution in [0.15, 0.2) is 58.3 Å². The Labute approximate surface area is 182 Å². The first kappa shape index (κ1) is 20.3. The molecule has 1 amide bonds. The molecule has 1 atom stereocenters. The fourth-order valence-electron chi connectivity index (χ4n) is 3.26. The van der Waals surface area contributed by atoms with Crippen molar-refractivity contribution >= 4 is 40.3 Å². The van der Waals surface area contributed by atoms with E-state index < -0.39 is 5.97 Å². The van der Waals surface area contributed by atoms with E-state index in [1.165, 1.54) is 5.01 Å². The van der Waals surface area contributed by atoms with E-state index >= 15 is 0 Å². The molecule has 0 radical (unpaired) electrons. The molecule has 0 bridgehead atoms. The smallest absolute Gasteiger partial charge is 0.338 e. The zero-order valence-electron chi connectivity index (χ0n) is 16.5. The van der Waals surface area contributed by atoms with Gasteiger partial charge in [0.15, 0.2) is 6.61 Å². The third-order valence-corrected chi connectivity index (χ3v) is 6.71. The van der Waals surface area contributed by atoms with Gasteiger partial charge in [-0.3, -0.25) is 4.79 Å². The molecule has 1 aliphatic rings. The predicted molar refractivity (Wildman–Crippen MR) is 117 cm³/mol. The van der Waals surface area contributed by atoms with Crippen molar-refractivity contribution < 1.29 is 19.1 Å². The summed E-state index contributed by atoms with van der Waals surface area (Å²) < 4.78 is 10.5. The molecule has 8 heteroatoms. The van der Waals surface area contributed by atoms with E-state index in [2.05, 4.69) is 5.10 Å². The van der Waals surface area contributed by atoms with Crippen LogP contribution in [0.3, 0.4) is 0 Å². The highest BCUT2D eigenvalue weighted by Gasteiger charge is 2.34. The van der Waals surface area contributed by atoms with Crippen molar-refractivity contribution in [3.8, 4) is 5.75 Å². The maximum absolute atomic E-state index is 12.9. The number of amides is 1. The van der Waals surface area contributed by atoms with Crippen molar-refractivity contribution in [1.29, 1.82) is 0 Å². The largest absolute Gasteiger partial charge is 0.496 e. The molecule has 2 aromatic heterocycles. The number of esters is 1. The first-order valence-electron chi connectivity index (χ1n) is 9.35. The molecule has 3 heterocycles. The fraction of sp³-hybridized carbons (Fsp3) is 0.227. The fourth-order valence-corrected chi connectivity index (χ4v) is 4.79. The Morgan fingerprint density at radius 3 is 2.67 bits per heavy atom. The number of carbonyl (C=O) groups excluding carboxylic acids is 2. The summed E-state index contributed by atoms with van der Waals surface area (Å²) in [6.07, 6.45) is 0.635. The highest BCUT2D eigenvalue weighted by atomic mass is 32.1. The number of ether oxygens (including phenoxy) is 2. The molecule has 0 aliphatic carbocycles. The molecular weight excluding hydrogens is 420 g/mol. The number of hydrogen-bond acceptors (Lipinski definition) is 7. The van der Waals surface area contributed by atoms with Crippen LogP contribution in [-0.4, -0.2) is 36.3 Å². The minimum absolute atomic E-state index is 0.187. The molecule has 1 aromatic carbocycles. The lowest BCUT2D eigenvalue weighted by Gasteiger charge is -2.20. The van der Waals surface area contributed by atoms with Gasteiger partial charge in [-0.15, -0.1) is 22.7 Å². The summed E-state index contributed by atoms with van der Waals surface area (Å²) in [5.41, 5.74) is 2.12. The Hall–Kier alpha value is -2.97. The molecule has 3 aromatic rings. The summed E-state index contributed by atoms with van der Waals surface area (Å²) >= 11 is 3.17. The van der Waals surface area contributed by atoms with E-state index in [-0.39, 0.29) is 18.6 Å². The molecule has 0 spiro atoms. The van der Waals surface area contributed by atoms with Gasteiger partial charge >= 0.3 is 5.97 Å². The first-order chi connectivity index (χ1) is 14.6. The number of thiophene rings is 2. The van der Waals surface area contributed by atoms with Crippen LogP contribution >= 0.6 is 22.7 Å². The van der Waals surface area contributed by atoms with Crippen molar-refractivity contribution in [2.24, 2.45) is 5.10 Å². The van der Waals surface area contributed by atoms with E-state index in [1.807, 2.05) is 41.9 Å². The van der Waals surface area contributed by atoms with Crippen LogP contribution < -0.4 is 4.74 Å². The number of carbonyl (C=O) groups is 2. The van der Waals surface area contributed by atoms with Crippen LogP contribution in [0.25, 0.3) is 0 Å². The maximum Gasteiger partial charge on any atom is 0.338 e. The van der Waals surface area contributed by atoms with Crippen molar-refractivity contribution in [3.63, 3.8) is 0 Å². The quantitative estimate of drug-likeness (QED) is 0.523. The Kier molecular flexibility index (Phi) is 5.96. The van der Waals surface area contributed by atoms with Gasteiger partial charge in [0, 0.05) is 11.3 Å². The van der Waals surface area contributed by atoms with Gasteiger partial charge in [-0.1, -0.05) is 18.2 Å². The summed E-state index contributed by atoms with van der Waals surface area (Å²) in [5.74, 6) is -0.332. The topological polar surface area (TPSA) is 68.2 Å². The van der Waals surface area contributed by atoms with E-state index in [4.69, 9.17) is 9.47 Å². The molecule has 6 nitrogen and oxygen atoms in total. The van der Waals surface area contributed by atoms with Gasteiger partial charge in [-0.2, -0.15) is 5.10 Å². The Morgan fingerprint density at radius 2 is 1.97 bits per heavy atom. The third-order valence-electron chi connectivity index (χ3n) is 4.81. The Bertz CT molecular complexity index is 1070. The lowest BCUT2D eigenvalue weighted by Crippen LogP contribution is -2.31. The summed E-state index contributed by atoms with van der Waals surface area (Å²) in [4.78, 5) is 27.4. The van der Waals surface area contributed by atoms with Gasteiger partial charge in [0.25, 0.3) is 5.91 Å². The predicted octanol–water partition coefficient (Wildman–Crippen LogP) is 4.66. The van der Waals surface area contributed by atoms with Crippen LogP contribution in [0.2, 0.25) is 0 Å². The van der Waals surface area contributed by atoms with Crippen LogP contribution in [0.1, 0.15) is 38.1 Å². The number of benzene rings is 1. The first-order valence-corrected chi connectivity index (χ1v) is 11.1. The molecule has 0 saturated heterocycles. The third kappa shape index (κ3) is 4.15. The number of hydrogen-bond donors (Lipinski definition) is 0. The van der Waals surface area contributed by atoms with Crippen molar-refractivity contribution in [2.75, 3.05) is 13.7 Å². The number of methoxy groups -OCH3 is 1. The van der Waals surface area contributed by atoms with E-state index in [0.29, 0.717) is 17.7 Å². The van der Waals surface area contributed by atoms with E-state index in [9.17, 15) is 9.59 Å². The molecular formula is C22H20N2O4S2. The van der Waals surface area contributed by atoms with Gasteiger partial charge in [-0.25, -0.2) is 9.80 Å². The standard InChI is InChI=1S/C22H20N2O4S2/c1-14-7-8-15(11-18(14)27-2)22(26)28-13-21(25)24-17(20-6-4-10-30-20)12-16(23-24)19-5-3-9-29-19/h3-11,17H,12-13H2,1-2H3. The van der Waals surface area contributed by atoms with E-state index in [0.717, 1.165) is 21.0 Å². The van der Waals surface area contributed by atoms with Crippen molar-refractivity contribution in [2.45, 2.75) is 19.4 Å². The molecule has 1 aliphatic heterocycles. The zero-order chi connectivity index (χ0) is 21.1. The minimum Gasteiger partial charge on any atom is -0.496 e. The second-order valence-corrected chi connectivity index (χ2v) is 8.69. The molecule has 30 heavy (non-hydrogen) atoms. The average Bonchev–Trinajstić information content (AvgIpc) is 3.52. The van der Waals surface area contributed by atoms with Crippen LogP contribution in [0.5, 0.6) is 5.75 Å². The van der Waals surface area contributed by atoms with Gasteiger partial charge in [-0.05, 0) is 47.5 Å². The summed E-state index contributed by atoms with van der Waals surface area (Å²) in [6, 6.07) is 12.8. The van der Waals surface area contributed by atoms with Gasteiger partial charge in [0.1, 0.15) is 5.75 Å². The molecule has 0 saturated carbocycles. The summed E-state index contributed by atoms with van der Waals surface area (Å²) in [7, 11) is 1.54. The monoisotopic (exact) mass is 440 g/mol. The highest BCUT2D eigenvalue weighted by molar-refractivity contribution is 7.12. The Morgan fingerprint density at radius 1 is 1.17 bits per heavy atom. The van der Waals surface area contributed by atoms with Crippen LogP contribution in [-0.2, 0) is 9.53 Å². The average molecular weight is 441 g/mol. The normalized spacial score (nSPS) is 15.7. The number of aryl methyl sites for hydroxylation is 1. The lowest BCUT2D eigenvalue weighted by atomic mass is 10.1. The second-order valence-electron chi connectivity index (χ2n) is 6.76. The molecule has 0 N–H and O–H groups in total. The number of hydrazone groups is 1. The number of nitrogens with zero attached hydrogens (tertiary/aromatic N) is 2. The highest BCUT2D eigenvalue weighted by Crippen LogP contribution is 2.36. The van der Waals surface area contributed by atoms with Crippen molar-refractivity contribution in [1.82, 2.24) is 5.01 Å². The van der Waals surface area contributed by atoms with Gasteiger partial charge < -0.3 is 9.47 Å². The van der Waals surface area contributed by atoms with Crippen molar-refractivity contribution in [3.05, 3.63) is 74.1 Å². The van der Waals surface area contributed by atoms with Gasteiger partial charge in [0.05, 0.1) is 29.3 Å². The summed E-state index contributed by atoms with van der Waals surface area (Å²) in [5, 5.41) is 9.98. The summed E-state index contributed by atoms with van der Waals surface area (Å²) in [6.45, 7) is 1.51. The van der Waals surface area contributed by atoms with E-state index in [1.54, 1.807) is 48.0 Å². The zero-order valence-corrected chi connectivity index (χ0v) is 18.2. The van der Waals surface area contributed by atoms with Crippen LogP contribution in [0.4, 0.5) is 0 Å². The van der Waals surface area contributed by atoms with Gasteiger partial charge in [0.2, 0.25) is 0 Å². The minimum atomic E-state index is -0.573. The number of rotatable bonds is 6. The second kappa shape index (κ2) is 8.81. The maximum atomic E-state index is 12.9. The molecule has 1 unspecified atom stereocenters. The SMILES string of the molecule is COc1cc(C(=O)OCC(=O)N2N=C(c3cccs3)CC2c2cccs2)ccc1C. The van der Waals surface area contributed by atoms with Crippen LogP contribution in [0, 0.1) is 6.92 Å². The molecule has 4 rings (SSSR count).